The van der Waals surface area contributed by atoms with Crippen molar-refractivity contribution in [3.05, 3.63) is 22.7 Å². The van der Waals surface area contributed by atoms with Gasteiger partial charge in [-0.15, -0.1) is 11.3 Å². The van der Waals surface area contributed by atoms with E-state index in [1.54, 1.807) is 11.6 Å². The lowest BCUT2D eigenvalue weighted by Crippen LogP contribution is -2.30. The van der Waals surface area contributed by atoms with Crippen LogP contribution in [-0.2, 0) is 4.79 Å². The second-order valence-electron chi connectivity index (χ2n) is 4.33. The van der Waals surface area contributed by atoms with Crippen molar-refractivity contribution in [3.8, 4) is 0 Å². The molecule has 1 unspecified atom stereocenters. The van der Waals surface area contributed by atoms with Gasteiger partial charge in [0.05, 0.1) is 20.9 Å². The molecule has 2 aromatic rings. The van der Waals surface area contributed by atoms with E-state index in [1.807, 2.05) is 19.9 Å². The van der Waals surface area contributed by atoms with Crippen LogP contribution in [0.5, 0.6) is 0 Å². The molecule has 102 valence electrons. The highest BCUT2D eigenvalue weighted by Gasteiger charge is 2.13. The van der Waals surface area contributed by atoms with E-state index in [9.17, 15) is 4.79 Å². The number of carbonyl (C=O) groups is 1. The van der Waals surface area contributed by atoms with Gasteiger partial charge in [0.2, 0.25) is 5.91 Å². The molecule has 1 amide bonds. The van der Waals surface area contributed by atoms with E-state index in [2.05, 4.69) is 15.6 Å². The van der Waals surface area contributed by atoms with Crippen molar-refractivity contribution >= 4 is 44.7 Å². The zero-order valence-corrected chi connectivity index (χ0v) is 12.4. The number of carbonyl (C=O) groups excluding carboxylic acids is 1. The first-order valence-corrected chi connectivity index (χ1v) is 7.42. The molecule has 19 heavy (non-hydrogen) atoms. The lowest BCUT2D eigenvalue weighted by molar-refractivity contribution is -0.116. The number of thiazole rings is 1. The van der Waals surface area contributed by atoms with Crippen molar-refractivity contribution in [2.24, 2.45) is 0 Å². The second kappa shape index (κ2) is 6.32. The molecule has 0 fully saturated rings. The van der Waals surface area contributed by atoms with Crippen LogP contribution in [-0.4, -0.2) is 23.5 Å². The van der Waals surface area contributed by atoms with Crippen LogP contribution >= 0.6 is 22.9 Å². The number of halogens is 1. The lowest BCUT2D eigenvalue weighted by atomic mass is 10.2. The summed E-state index contributed by atoms with van der Waals surface area (Å²) in [5.74, 6) is -0.0594. The fourth-order valence-electron chi connectivity index (χ4n) is 1.91. The van der Waals surface area contributed by atoms with Gasteiger partial charge in [0, 0.05) is 12.5 Å². The summed E-state index contributed by atoms with van der Waals surface area (Å²) in [4.78, 5) is 16.2. The summed E-state index contributed by atoms with van der Waals surface area (Å²) >= 11 is 7.66. The number of rotatable bonds is 5. The van der Waals surface area contributed by atoms with Gasteiger partial charge in [0.25, 0.3) is 0 Å². The van der Waals surface area contributed by atoms with E-state index >= 15 is 0 Å². The predicted molar refractivity (Wildman–Crippen MR) is 81.0 cm³/mol. The van der Waals surface area contributed by atoms with Crippen molar-refractivity contribution in [1.82, 2.24) is 10.3 Å². The Morgan fingerprint density at radius 1 is 1.53 bits per heavy atom. The number of hydrogen-bond donors (Lipinski definition) is 2. The van der Waals surface area contributed by atoms with Crippen molar-refractivity contribution in [3.63, 3.8) is 0 Å². The van der Waals surface area contributed by atoms with E-state index in [-0.39, 0.29) is 11.9 Å². The molecule has 1 atom stereocenters. The minimum absolute atomic E-state index is 0.0594. The molecule has 0 spiro atoms. The quantitative estimate of drug-likeness (QED) is 0.890. The third kappa shape index (κ3) is 3.43. The molecule has 4 nitrogen and oxygen atoms in total. The second-order valence-corrected chi connectivity index (χ2v) is 5.63. The number of aromatic nitrogens is 1. The molecule has 0 aliphatic heterocycles. The van der Waals surface area contributed by atoms with Crippen LogP contribution < -0.4 is 10.6 Å². The van der Waals surface area contributed by atoms with Gasteiger partial charge >= 0.3 is 0 Å². The van der Waals surface area contributed by atoms with E-state index < -0.39 is 0 Å². The van der Waals surface area contributed by atoms with Crippen LogP contribution in [0.2, 0.25) is 5.02 Å². The lowest BCUT2D eigenvalue weighted by Gasteiger charge is -2.13. The summed E-state index contributed by atoms with van der Waals surface area (Å²) in [7, 11) is 0. The molecule has 1 aromatic carbocycles. The first-order valence-electron chi connectivity index (χ1n) is 6.16. The molecular weight excluding hydrogens is 282 g/mol. The Hall–Kier alpha value is -1.17. The fourth-order valence-corrected chi connectivity index (χ4v) is 2.80. The Bertz CT molecular complexity index is 584. The number of amides is 1. The van der Waals surface area contributed by atoms with Gasteiger partial charge in [-0.1, -0.05) is 18.5 Å². The number of nitrogens with zero attached hydrogens (tertiary/aromatic N) is 1. The third-order valence-corrected chi connectivity index (χ3v) is 3.87. The predicted octanol–water partition coefficient (Wildman–Crippen LogP) is 3.28. The van der Waals surface area contributed by atoms with Gasteiger partial charge in [0.1, 0.15) is 5.52 Å². The molecule has 0 bridgehead atoms. The van der Waals surface area contributed by atoms with Crippen LogP contribution in [0.4, 0.5) is 5.69 Å². The van der Waals surface area contributed by atoms with E-state index in [1.165, 1.54) is 11.3 Å². The third-order valence-electron chi connectivity index (χ3n) is 2.76. The highest BCUT2D eigenvalue weighted by atomic mass is 35.5. The first-order chi connectivity index (χ1) is 9.11. The smallest absolute Gasteiger partial charge is 0.226 e. The Morgan fingerprint density at radius 3 is 3.05 bits per heavy atom. The topological polar surface area (TPSA) is 54.0 Å². The van der Waals surface area contributed by atoms with Gasteiger partial charge in [-0.05, 0) is 25.6 Å². The maximum Gasteiger partial charge on any atom is 0.226 e. The van der Waals surface area contributed by atoms with Crippen LogP contribution in [0.15, 0.2) is 17.6 Å². The monoisotopic (exact) mass is 297 g/mol. The molecule has 1 heterocycles. The highest BCUT2D eigenvalue weighted by Crippen LogP contribution is 2.32. The number of benzene rings is 1. The largest absolute Gasteiger partial charge is 0.323 e. The van der Waals surface area contributed by atoms with Crippen LogP contribution in [0, 0.1) is 0 Å². The summed E-state index contributed by atoms with van der Waals surface area (Å²) in [6, 6.07) is 3.83. The minimum atomic E-state index is -0.0594. The standard InChI is InChI=1S/C13H16ClN3OS/c1-3-15-8(2)6-11(18)17-12-9(14)4-5-10-13(12)16-7-19-10/h4-5,7-8,15H,3,6H2,1-2H3,(H,17,18). The number of hydrogen-bond acceptors (Lipinski definition) is 4. The summed E-state index contributed by atoms with van der Waals surface area (Å²) < 4.78 is 1.01. The first kappa shape index (κ1) is 14.2. The van der Waals surface area contributed by atoms with E-state index in [0.29, 0.717) is 17.1 Å². The molecule has 0 aliphatic carbocycles. The maximum atomic E-state index is 12.0. The van der Waals surface area contributed by atoms with Crippen LogP contribution in [0.25, 0.3) is 10.2 Å². The van der Waals surface area contributed by atoms with Gasteiger partial charge in [-0.3, -0.25) is 4.79 Å². The molecule has 0 aliphatic rings. The van der Waals surface area contributed by atoms with E-state index in [4.69, 9.17) is 11.6 Å². The van der Waals surface area contributed by atoms with Crippen LogP contribution in [0.3, 0.4) is 0 Å². The van der Waals surface area contributed by atoms with Gasteiger partial charge in [-0.2, -0.15) is 0 Å². The van der Waals surface area contributed by atoms with Crippen molar-refractivity contribution < 1.29 is 4.79 Å². The highest BCUT2D eigenvalue weighted by molar-refractivity contribution is 7.16. The summed E-state index contributed by atoms with van der Waals surface area (Å²) in [5, 5.41) is 6.58. The molecule has 0 saturated heterocycles. The molecule has 0 saturated carbocycles. The molecule has 1 aromatic heterocycles. The average molecular weight is 298 g/mol. The summed E-state index contributed by atoms with van der Waals surface area (Å²) in [6.45, 7) is 4.84. The van der Waals surface area contributed by atoms with Gasteiger partial charge in [0.15, 0.2) is 0 Å². The summed E-state index contributed by atoms with van der Waals surface area (Å²) in [6.07, 6.45) is 0.407. The normalized spacial score (nSPS) is 12.6. The van der Waals surface area contributed by atoms with Gasteiger partial charge < -0.3 is 10.6 Å². The van der Waals surface area contributed by atoms with Crippen molar-refractivity contribution in [2.75, 3.05) is 11.9 Å². The molecule has 6 heteroatoms. The Morgan fingerprint density at radius 2 is 2.32 bits per heavy atom. The van der Waals surface area contributed by atoms with Crippen molar-refractivity contribution in [1.29, 1.82) is 0 Å². The van der Waals surface area contributed by atoms with Crippen molar-refractivity contribution in [2.45, 2.75) is 26.3 Å². The number of fused-ring (bicyclic) bond motifs is 1. The maximum absolute atomic E-state index is 12.0. The Labute approximate surface area is 121 Å². The molecule has 2 rings (SSSR count). The average Bonchev–Trinajstić information content (AvgIpc) is 2.81. The molecule has 2 N–H and O–H groups in total. The number of nitrogens with one attached hydrogen (secondary N) is 2. The fraction of sp³-hybridized carbons (Fsp3) is 0.385. The summed E-state index contributed by atoms with van der Waals surface area (Å²) in [5.41, 5.74) is 3.11. The van der Waals surface area contributed by atoms with Gasteiger partial charge in [-0.25, -0.2) is 4.98 Å². The Balaban J connectivity index is 2.14. The van der Waals surface area contributed by atoms with E-state index in [0.717, 1.165) is 16.8 Å². The molecule has 0 radical (unpaired) electrons. The molecular formula is C13H16ClN3OS. The Kier molecular flexibility index (Phi) is 4.74. The zero-order valence-electron chi connectivity index (χ0n) is 10.9. The zero-order chi connectivity index (χ0) is 13.8. The SMILES string of the molecule is CCNC(C)CC(=O)Nc1c(Cl)ccc2scnc12. The number of anilines is 1. The minimum Gasteiger partial charge on any atom is -0.323 e. The van der Waals surface area contributed by atoms with Crippen LogP contribution in [0.1, 0.15) is 20.3 Å².